The van der Waals surface area contributed by atoms with E-state index >= 15 is 0 Å². The number of rotatable bonds is 14. The highest BCUT2D eigenvalue weighted by Crippen LogP contribution is 2.44. The minimum Gasteiger partial charge on any atom is -0.493 e. The molecule has 1 aliphatic heterocycles. The number of likely N-dealkylation sites (tertiary alicyclic amines) is 1. The van der Waals surface area contributed by atoms with Crippen LogP contribution in [0.5, 0.6) is 5.75 Å². The van der Waals surface area contributed by atoms with Crippen LogP contribution in [0.2, 0.25) is 0 Å². The Balaban J connectivity index is 1.78. The lowest BCUT2D eigenvalue weighted by Crippen LogP contribution is -2.48. The number of nitrogens with zero attached hydrogens (tertiary/aromatic N) is 1. The standard InChI is InChI=1S/C27H44N2O4/c1-21(18-28-2)17-26(30)29-15-8-9-23(19-29)27(31,14-6-7-16-32-3)24-10-4-5-11-25(24)33-20-22-12-13-22/h4-5,10-11,21-23,28,31H,6-9,12-20H2,1-3H3/t21-,23-,27+/m1/s1. The number of nitrogens with one attached hydrogen (secondary N) is 1. The molecule has 0 aromatic heterocycles. The Morgan fingerprint density at radius 2 is 2.06 bits per heavy atom. The number of hydrogen-bond acceptors (Lipinski definition) is 5. The van der Waals surface area contributed by atoms with Gasteiger partial charge in [0.15, 0.2) is 0 Å². The van der Waals surface area contributed by atoms with Crippen molar-refractivity contribution in [2.75, 3.05) is 47.0 Å². The van der Waals surface area contributed by atoms with Gasteiger partial charge in [-0.15, -0.1) is 0 Å². The highest BCUT2D eigenvalue weighted by molar-refractivity contribution is 5.76. The lowest BCUT2D eigenvalue weighted by atomic mass is 9.73. The number of methoxy groups -OCH3 is 1. The molecule has 0 unspecified atom stereocenters. The predicted molar refractivity (Wildman–Crippen MR) is 131 cm³/mol. The summed E-state index contributed by atoms with van der Waals surface area (Å²) in [5.74, 6) is 1.93. The average Bonchev–Trinajstić information content (AvgIpc) is 3.65. The largest absolute Gasteiger partial charge is 0.493 e. The Morgan fingerprint density at radius 1 is 1.27 bits per heavy atom. The van der Waals surface area contributed by atoms with Crippen molar-refractivity contribution in [3.05, 3.63) is 29.8 Å². The second-order valence-corrected chi connectivity index (χ2v) is 10.2. The molecule has 0 bridgehead atoms. The van der Waals surface area contributed by atoms with Gasteiger partial charge in [0.05, 0.1) is 12.2 Å². The number of aliphatic hydroxyl groups is 1. The molecule has 6 nitrogen and oxygen atoms in total. The molecule has 33 heavy (non-hydrogen) atoms. The lowest BCUT2D eigenvalue weighted by molar-refractivity contribution is -0.137. The molecule has 1 aromatic carbocycles. The van der Waals surface area contributed by atoms with E-state index in [4.69, 9.17) is 9.47 Å². The second kappa shape index (κ2) is 12.7. The molecule has 186 valence electrons. The first kappa shape index (κ1) is 26.0. The number of hydrogen-bond donors (Lipinski definition) is 2. The quantitative estimate of drug-likeness (QED) is 0.411. The Kier molecular flexibility index (Phi) is 10.0. The molecule has 2 N–H and O–H groups in total. The van der Waals surface area contributed by atoms with Gasteiger partial charge < -0.3 is 24.8 Å². The van der Waals surface area contributed by atoms with Crippen LogP contribution in [0.3, 0.4) is 0 Å². The van der Waals surface area contributed by atoms with E-state index in [0.29, 0.717) is 37.8 Å². The molecular weight excluding hydrogens is 416 g/mol. The minimum absolute atomic E-state index is 0.0111. The topological polar surface area (TPSA) is 71.0 Å². The summed E-state index contributed by atoms with van der Waals surface area (Å²) < 4.78 is 11.5. The normalized spacial score (nSPS) is 21.5. The Hall–Kier alpha value is -1.63. The number of carbonyl (C=O) groups excluding carboxylic acids is 1. The Morgan fingerprint density at radius 3 is 2.79 bits per heavy atom. The summed E-state index contributed by atoms with van der Waals surface area (Å²) in [5, 5.41) is 15.4. The maximum absolute atomic E-state index is 13.0. The van der Waals surface area contributed by atoms with Crippen LogP contribution in [0.25, 0.3) is 0 Å². The van der Waals surface area contributed by atoms with Gasteiger partial charge in [-0.25, -0.2) is 0 Å². The van der Waals surface area contributed by atoms with E-state index in [1.807, 2.05) is 36.2 Å². The number of piperidine rings is 1. The molecule has 0 radical (unpaired) electrons. The molecule has 1 heterocycles. The van der Waals surface area contributed by atoms with Crippen LogP contribution < -0.4 is 10.1 Å². The number of ether oxygens (including phenoxy) is 2. The third-order valence-electron chi connectivity index (χ3n) is 7.21. The second-order valence-electron chi connectivity index (χ2n) is 10.2. The molecule has 1 aromatic rings. The fourth-order valence-corrected chi connectivity index (χ4v) is 5.08. The molecule has 1 amide bonds. The third kappa shape index (κ3) is 7.43. The maximum atomic E-state index is 13.0. The molecule has 3 atom stereocenters. The number of carbonyl (C=O) groups is 1. The fourth-order valence-electron chi connectivity index (χ4n) is 5.08. The Labute approximate surface area is 200 Å². The molecule has 1 aliphatic carbocycles. The smallest absolute Gasteiger partial charge is 0.222 e. The summed E-state index contributed by atoms with van der Waals surface area (Å²) in [7, 11) is 3.64. The number of unbranched alkanes of at least 4 members (excludes halogenated alkanes) is 1. The van der Waals surface area contributed by atoms with Crippen LogP contribution in [-0.4, -0.2) is 62.9 Å². The molecular formula is C27H44N2O4. The van der Waals surface area contributed by atoms with E-state index in [9.17, 15) is 9.90 Å². The molecule has 6 heteroatoms. The van der Waals surface area contributed by atoms with Crippen LogP contribution in [0.15, 0.2) is 24.3 Å². The van der Waals surface area contributed by atoms with Gasteiger partial charge >= 0.3 is 0 Å². The first-order chi connectivity index (χ1) is 16.0. The summed E-state index contributed by atoms with van der Waals surface area (Å²) in [6.45, 7) is 5.72. The predicted octanol–water partition coefficient (Wildman–Crippen LogP) is 3.96. The molecule has 1 saturated carbocycles. The SMILES string of the molecule is CNC[C@H](C)CC(=O)N1CCC[C@@H]([C@@](O)(CCCCOC)c2ccccc2OCC2CC2)C1. The van der Waals surface area contributed by atoms with Crippen molar-refractivity contribution in [3.8, 4) is 5.75 Å². The van der Waals surface area contributed by atoms with Crippen LogP contribution in [0.1, 0.15) is 63.9 Å². The van der Waals surface area contributed by atoms with Crippen LogP contribution in [0.4, 0.5) is 0 Å². The number of para-hydroxylation sites is 1. The van der Waals surface area contributed by atoms with Gasteiger partial charge in [-0.2, -0.15) is 0 Å². The first-order valence-corrected chi connectivity index (χ1v) is 12.8. The van der Waals surface area contributed by atoms with Gasteiger partial charge in [-0.05, 0) is 76.4 Å². The van der Waals surface area contributed by atoms with Crippen molar-refractivity contribution >= 4 is 5.91 Å². The van der Waals surface area contributed by atoms with Crippen molar-refractivity contribution in [2.45, 2.75) is 63.9 Å². The highest BCUT2D eigenvalue weighted by Gasteiger charge is 2.43. The van der Waals surface area contributed by atoms with E-state index in [1.165, 1.54) is 12.8 Å². The lowest BCUT2D eigenvalue weighted by Gasteiger charge is -2.43. The fraction of sp³-hybridized carbons (Fsp3) is 0.741. The monoisotopic (exact) mass is 460 g/mol. The summed E-state index contributed by atoms with van der Waals surface area (Å²) in [6.07, 6.45) is 7.25. The molecule has 2 fully saturated rings. The van der Waals surface area contributed by atoms with E-state index in [-0.39, 0.29) is 11.8 Å². The number of amides is 1. The van der Waals surface area contributed by atoms with Crippen molar-refractivity contribution in [1.82, 2.24) is 10.2 Å². The van der Waals surface area contributed by atoms with E-state index in [1.54, 1.807) is 7.11 Å². The molecule has 0 spiro atoms. The summed E-state index contributed by atoms with van der Waals surface area (Å²) in [4.78, 5) is 15.0. The third-order valence-corrected chi connectivity index (χ3v) is 7.21. The van der Waals surface area contributed by atoms with Crippen LogP contribution in [0, 0.1) is 17.8 Å². The van der Waals surface area contributed by atoms with Crippen molar-refractivity contribution in [3.63, 3.8) is 0 Å². The average molecular weight is 461 g/mol. The first-order valence-electron chi connectivity index (χ1n) is 12.8. The summed E-state index contributed by atoms with van der Waals surface area (Å²) >= 11 is 0. The van der Waals surface area contributed by atoms with E-state index < -0.39 is 5.60 Å². The zero-order chi connectivity index (χ0) is 23.7. The van der Waals surface area contributed by atoms with Gasteiger partial charge in [-0.3, -0.25) is 4.79 Å². The van der Waals surface area contributed by atoms with Crippen LogP contribution in [-0.2, 0) is 15.1 Å². The van der Waals surface area contributed by atoms with E-state index in [2.05, 4.69) is 12.2 Å². The molecule has 1 saturated heterocycles. The summed E-state index contributed by atoms with van der Waals surface area (Å²) in [6, 6.07) is 7.98. The number of benzene rings is 1. The van der Waals surface area contributed by atoms with Crippen molar-refractivity contribution < 1.29 is 19.4 Å². The van der Waals surface area contributed by atoms with Gasteiger partial charge in [0.25, 0.3) is 0 Å². The zero-order valence-electron chi connectivity index (χ0n) is 20.9. The highest BCUT2D eigenvalue weighted by atomic mass is 16.5. The Bertz CT molecular complexity index is 739. The van der Waals surface area contributed by atoms with Gasteiger partial charge in [0.2, 0.25) is 5.91 Å². The molecule has 2 aliphatic rings. The summed E-state index contributed by atoms with van der Waals surface area (Å²) in [5.41, 5.74) is -0.144. The van der Waals surface area contributed by atoms with Gasteiger partial charge in [0, 0.05) is 44.7 Å². The minimum atomic E-state index is -1.02. The van der Waals surface area contributed by atoms with E-state index in [0.717, 1.165) is 56.7 Å². The maximum Gasteiger partial charge on any atom is 0.222 e. The molecule has 3 rings (SSSR count). The zero-order valence-corrected chi connectivity index (χ0v) is 20.9. The van der Waals surface area contributed by atoms with Crippen molar-refractivity contribution in [1.29, 1.82) is 0 Å². The van der Waals surface area contributed by atoms with Crippen LogP contribution >= 0.6 is 0 Å². The van der Waals surface area contributed by atoms with Gasteiger partial charge in [-0.1, -0.05) is 25.1 Å². The van der Waals surface area contributed by atoms with Gasteiger partial charge in [0.1, 0.15) is 5.75 Å². The van der Waals surface area contributed by atoms with Crippen molar-refractivity contribution in [2.24, 2.45) is 17.8 Å².